The molecule has 0 amide bonds. The van der Waals surface area contributed by atoms with E-state index in [2.05, 4.69) is 10.4 Å². The number of hydrogen-bond donors (Lipinski definition) is 1. The lowest BCUT2D eigenvalue weighted by molar-refractivity contribution is 0.0929. The van der Waals surface area contributed by atoms with Crippen LogP contribution in [0, 0.1) is 0 Å². The highest BCUT2D eigenvalue weighted by molar-refractivity contribution is 5.28. The van der Waals surface area contributed by atoms with Gasteiger partial charge in [-0.15, -0.1) is 0 Å². The Morgan fingerprint density at radius 1 is 1.47 bits per heavy atom. The lowest BCUT2D eigenvalue weighted by Gasteiger charge is -2.19. The molecule has 6 heteroatoms. The van der Waals surface area contributed by atoms with Gasteiger partial charge in [0.15, 0.2) is 5.75 Å². The second-order valence-electron chi connectivity index (χ2n) is 3.68. The van der Waals surface area contributed by atoms with Crippen LogP contribution in [0.1, 0.15) is 32.0 Å². The van der Waals surface area contributed by atoms with Crippen molar-refractivity contribution in [3.63, 3.8) is 0 Å². The summed E-state index contributed by atoms with van der Waals surface area (Å²) in [6.45, 7) is 4.87. The minimum absolute atomic E-state index is 0.403. The first kappa shape index (κ1) is 13.9. The number of aromatic nitrogens is 2. The van der Waals surface area contributed by atoms with Crippen molar-refractivity contribution in [2.75, 3.05) is 13.7 Å². The summed E-state index contributed by atoms with van der Waals surface area (Å²) in [6, 6.07) is -1.03. The fraction of sp³-hybridized carbons (Fsp3) is 0.727. The second-order valence-corrected chi connectivity index (χ2v) is 3.68. The number of halogens is 2. The van der Waals surface area contributed by atoms with Crippen LogP contribution in [0.3, 0.4) is 0 Å². The first-order valence-corrected chi connectivity index (χ1v) is 5.76. The molecule has 0 spiro atoms. The molecule has 1 atom stereocenters. The van der Waals surface area contributed by atoms with Crippen LogP contribution in [0.4, 0.5) is 8.78 Å². The molecular formula is C11H19F2N3O. The minimum Gasteiger partial charge on any atom is -0.493 e. The molecule has 17 heavy (non-hydrogen) atoms. The highest BCUT2D eigenvalue weighted by atomic mass is 19.3. The molecule has 1 heterocycles. The van der Waals surface area contributed by atoms with Crippen LogP contribution in [0.25, 0.3) is 0 Å². The van der Waals surface area contributed by atoms with Crippen molar-refractivity contribution in [2.24, 2.45) is 0 Å². The molecule has 1 N–H and O–H groups in total. The molecule has 0 aromatic carbocycles. The summed E-state index contributed by atoms with van der Waals surface area (Å²) in [5.41, 5.74) is 0.415. The Balaban J connectivity index is 3.02. The summed E-state index contributed by atoms with van der Waals surface area (Å²) in [7, 11) is 1.46. The van der Waals surface area contributed by atoms with E-state index >= 15 is 0 Å². The third-order valence-electron chi connectivity index (χ3n) is 2.53. The summed E-state index contributed by atoms with van der Waals surface area (Å²) < 4.78 is 32.7. The molecule has 1 unspecified atom stereocenters. The predicted octanol–water partition coefficient (Wildman–Crippen LogP) is 2.22. The van der Waals surface area contributed by atoms with E-state index < -0.39 is 12.5 Å². The minimum atomic E-state index is -2.49. The zero-order valence-electron chi connectivity index (χ0n) is 10.4. The Morgan fingerprint density at radius 3 is 2.65 bits per heavy atom. The number of alkyl halides is 2. The number of nitrogens with zero attached hydrogens (tertiary/aromatic N) is 2. The van der Waals surface area contributed by atoms with Crippen molar-refractivity contribution >= 4 is 0 Å². The topological polar surface area (TPSA) is 39.1 Å². The number of rotatable bonds is 7. The summed E-state index contributed by atoms with van der Waals surface area (Å²) in [5.74, 6) is 0.403. The highest BCUT2D eigenvalue weighted by Gasteiger charge is 2.28. The second kappa shape index (κ2) is 6.54. The average molecular weight is 247 g/mol. The van der Waals surface area contributed by atoms with E-state index in [0.29, 0.717) is 24.5 Å². The van der Waals surface area contributed by atoms with Crippen molar-refractivity contribution in [1.29, 1.82) is 0 Å². The molecule has 1 aromatic rings. The summed E-state index contributed by atoms with van der Waals surface area (Å²) >= 11 is 0. The molecule has 0 radical (unpaired) electrons. The highest BCUT2D eigenvalue weighted by Crippen LogP contribution is 2.29. The van der Waals surface area contributed by atoms with Gasteiger partial charge in [0.25, 0.3) is 6.43 Å². The van der Waals surface area contributed by atoms with Crippen molar-refractivity contribution in [2.45, 2.75) is 39.3 Å². The van der Waals surface area contributed by atoms with Crippen LogP contribution in [0.5, 0.6) is 5.75 Å². The summed E-state index contributed by atoms with van der Waals surface area (Å²) in [4.78, 5) is 0. The van der Waals surface area contributed by atoms with Crippen molar-refractivity contribution in [1.82, 2.24) is 15.1 Å². The number of hydrogen-bond acceptors (Lipinski definition) is 3. The molecular weight excluding hydrogens is 228 g/mol. The average Bonchev–Trinajstić information content (AvgIpc) is 2.72. The zero-order chi connectivity index (χ0) is 12.8. The van der Waals surface area contributed by atoms with Crippen LogP contribution in [-0.4, -0.2) is 29.9 Å². The van der Waals surface area contributed by atoms with E-state index in [1.54, 1.807) is 4.68 Å². The van der Waals surface area contributed by atoms with Gasteiger partial charge in [-0.2, -0.15) is 5.10 Å². The van der Waals surface area contributed by atoms with Gasteiger partial charge < -0.3 is 10.1 Å². The first-order valence-electron chi connectivity index (χ1n) is 5.76. The SMILES string of the molecule is CCCNC(c1c(OC)cnn1CC)C(F)F. The number of ether oxygens (including phenoxy) is 1. The standard InChI is InChI=1S/C11H19F2N3O/c1-4-6-14-9(11(12)13)10-8(17-3)7-15-16(10)5-2/h7,9,11,14H,4-6H2,1-3H3. The van der Waals surface area contributed by atoms with Gasteiger partial charge >= 0.3 is 0 Å². The first-order chi connectivity index (χ1) is 8.15. The lowest BCUT2D eigenvalue weighted by Crippen LogP contribution is -2.30. The Bertz CT molecular complexity index is 320. The van der Waals surface area contributed by atoms with Gasteiger partial charge in [0.1, 0.15) is 11.7 Å². The van der Waals surface area contributed by atoms with E-state index in [1.165, 1.54) is 13.3 Å². The molecule has 0 aliphatic carbocycles. The van der Waals surface area contributed by atoms with Gasteiger partial charge in [-0.25, -0.2) is 8.78 Å². The monoisotopic (exact) mass is 247 g/mol. The van der Waals surface area contributed by atoms with Gasteiger partial charge in [-0.05, 0) is 19.9 Å². The van der Waals surface area contributed by atoms with Gasteiger partial charge in [0, 0.05) is 6.54 Å². The fourth-order valence-corrected chi connectivity index (χ4v) is 1.71. The molecule has 0 aliphatic rings. The third-order valence-corrected chi connectivity index (χ3v) is 2.53. The maximum atomic E-state index is 13.1. The van der Waals surface area contributed by atoms with E-state index in [0.717, 1.165) is 6.42 Å². The molecule has 4 nitrogen and oxygen atoms in total. The van der Waals surface area contributed by atoms with E-state index in [-0.39, 0.29) is 0 Å². The normalized spacial score (nSPS) is 13.1. The Hall–Kier alpha value is -1.17. The Labute approximate surface area is 100.0 Å². The quantitative estimate of drug-likeness (QED) is 0.803. The predicted molar refractivity (Wildman–Crippen MR) is 61.5 cm³/mol. The molecule has 0 fully saturated rings. The smallest absolute Gasteiger partial charge is 0.259 e. The Kier molecular flexibility index (Phi) is 5.34. The van der Waals surface area contributed by atoms with E-state index in [1.807, 2.05) is 13.8 Å². The van der Waals surface area contributed by atoms with Crippen LogP contribution in [0.15, 0.2) is 6.20 Å². The number of aryl methyl sites for hydroxylation is 1. The number of nitrogens with one attached hydrogen (secondary N) is 1. The van der Waals surface area contributed by atoms with Crippen LogP contribution < -0.4 is 10.1 Å². The maximum Gasteiger partial charge on any atom is 0.259 e. The molecule has 0 bridgehead atoms. The maximum absolute atomic E-state index is 13.1. The van der Waals surface area contributed by atoms with Gasteiger partial charge in [-0.1, -0.05) is 6.92 Å². The van der Waals surface area contributed by atoms with Gasteiger partial charge in [0.05, 0.1) is 13.3 Å². The van der Waals surface area contributed by atoms with Crippen molar-refractivity contribution in [3.8, 4) is 5.75 Å². The van der Waals surface area contributed by atoms with Crippen molar-refractivity contribution < 1.29 is 13.5 Å². The van der Waals surface area contributed by atoms with E-state index in [4.69, 9.17) is 4.74 Å². The molecule has 0 saturated carbocycles. The Morgan fingerprint density at radius 2 is 2.18 bits per heavy atom. The largest absolute Gasteiger partial charge is 0.493 e. The molecule has 1 rings (SSSR count). The number of methoxy groups -OCH3 is 1. The summed E-state index contributed by atoms with van der Waals surface area (Å²) in [5, 5.41) is 6.87. The third kappa shape index (κ3) is 3.15. The van der Waals surface area contributed by atoms with Gasteiger partial charge in [0.2, 0.25) is 0 Å². The molecule has 0 aliphatic heterocycles. The van der Waals surface area contributed by atoms with Crippen LogP contribution in [-0.2, 0) is 6.54 Å². The van der Waals surface area contributed by atoms with Gasteiger partial charge in [-0.3, -0.25) is 4.68 Å². The van der Waals surface area contributed by atoms with Crippen molar-refractivity contribution in [3.05, 3.63) is 11.9 Å². The van der Waals surface area contributed by atoms with E-state index in [9.17, 15) is 8.78 Å². The molecule has 98 valence electrons. The molecule has 0 saturated heterocycles. The van der Waals surface area contributed by atoms with Crippen LogP contribution in [0.2, 0.25) is 0 Å². The lowest BCUT2D eigenvalue weighted by atomic mass is 10.2. The fourth-order valence-electron chi connectivity index (χ4n) is 1.71. The van der Waals surface area contributed by atoms with Crippen LogP contribution >= 0.6 is 0 Å². The molecule has 1 aromatic heterocycles. The summed E-state index contributed by atoms with van der Waals surface area (Å²) in [6.07, 6.45) is -0.217. The zero-order valence-corrected chi connectivity index (χ0v) is 10.4.